The molecule has 0 amide bonds. The zero-order valence-electron chi connectivity index (χ0n) is 9.31. The van der Waals surface area contributed by atoms with Crippen LogP contribution in [0, 0.1) is 0 Å². The van der Waals surface area contributed by atoms with Gasteiger partial charge in [0.25, 0.3) is 0 Å². The van der Waals surface area contributed by atoms with Crippen molar-refractivity contribution in [3.05, 3.63) is 33.8 Å². The number of halogens is 2. The lowest BCUT2D eigenvalue weighted by Crippen LogP contribution is -2.19. The highest BCUT2D eigenvalue weighted by Gasteiger charge is 1.99. The Labute approximate surface area is 107 Å². The number of unbranched alkanes of at least 4 members (excludes halogenated alkanes) is 1. The van der Waals surface area contributed by atoms with Gasteiger partial charge in [-0.1, -0.05) is 29.3 Å². The zero-order chi connectivity index (χ0) is 11.8. The van der Waals surface area contributed by atoms with Crippen LogP contribution in [-0.4, -0.2) is 19.6 Å². The number of hydrogen-bond donors (Lipinski definition) is 2. The predicted octanol–water partition coefficient (Wildman–Crippen LogP) is 2.86. The minimum atomic E-state index is 0.612. The Kier molecular flexibility index (Phi) is 6.81. The zero-order valence-corrected chi connectivity index (χ0v) is 10.8. The van der Waals surface area contributed by atoms with Crippen LogP contribution in [-0.2, 0) is 6.42 Å². The third-order valence-corrected chi connectivity index (χ3v) is 3.12. The van der Waals surface area contributed by atoms with Gasteiger partial charge in [-0.15, -0.1) is 0 Å². The van der Waals surface area contributed by atoms with Gasteiger partial charge in [0.15, 0.2) is 0 Å². The van der Waals surface area contributed by atoms with Crippen molar-refractivity contribution in [2.75, 3.05) is 19.6 Å². The molecule has 1 rings (SSSR count). The van der Waals surface area contributed by atoms with Gasteiger partial charge in [-0.2, -0.15) is 0 Å². The molecule has 0 aliphatic heterocycles. The van der Waals surface area contributed by atoms with Crippen LogP contribution in [0.2, 0.25) is 10.0 Å². The second-order valence-corrected chi connectivity index (χ2v) is 4.56. The van der Waals surface area contributed by atoms with Crippen LogP contribution in [0.25, 0.3) is 0 Å². The highest BCUT2D eigenvalue weighted by atomic mass is 35.5. The molecule has 0 spiro atoms. The summed E-state index contributed by atoms with van der Waals surface area (Å²) in [6, 6.07) is 5.77. The third kappa shape index (κ3) is 5.17. The fraction of sp³-hybridized carbons (Fsp3) is 0.500. The van der Waals surface area contributed by atoms with Crippen molar-refractivity contribution in [1.82, 2.24) is 5.32 Å². The fourth-order valence-corrected chi connectivity index (χ4v) is 1.77. The van der Waals surface area contributed by atoms with E-state index in [9.17, 15) is 0 Å². The van der Waals surface area contributed by atoms with Gasteiger partial charge in [0.2, 0.25) is 0 Å². The van der Waals surface area contributed by atoms with Crippen LogP contribution in [0.4, 0.5) is 0 Å². The molecule has 0 atom stereocenters. The number of hydrogen-bond acceptors (Lipinski definition) is 2. The summed E-state index contributed by atoms with van der Waals surface area (Å²) < 4.78 is 0. The number of nitrogens with one attached hydrogen (secondary N) is 1. The minimum absolute atomic E-state index is 0.612. The first-order valence-corrected chi connectivity index (χ1v) is 6.34. The second kappa shape index (κ2) is 7.91. The Hall–Kier alpha value is -0.280. The summed E-state index contributed by atoms with van der Waals surface area (Å²) in [7, 11) is 0. The van der Waals surface area contributed by atoms with Crippen molar-refractivity contribution in [1.29, 1.82) is 0 Å². The molecule has 0 aromatic heterocycles. The normalized spacial score (nSPS) is 10.7. The summed E-state index contributed by atoms with van der Waals surface area (Å²) in [5.74, 6) is 0. The number of benzene rings is 1. The molecule has 0 saturated carbocycles. The summed E-state index contributed by atoms with van der Waals surface area (Å²) in [5, 5.41) is 4.61. The van der Waals surface area contributed by atoms with Gasteiger partial charge in [-0.3, -0.25) is 0 Å². The molecular weight excluding hydrogens is 243 g/mol. The van der Waals surface area contributed by atoms with E-state index in [4.69, 9.17) is 28.9 Å². The average Bonchev–Trinajstić information content (AvgIpc) is 2.28. The Bertz CT molecular complexity index is 316. The molecule has 0 saturated heterocycles. The first kappa shape index (κ1) is 13.8. The molecule has 0 radical (unpaired) electrons. The molecule has 4 heteroatoms. The highest BCUT2D eigenvalue weighted by Crippen LogP contribution is 2.22. The van der Waals surface area contributed by atoms with Crippen molar-refractivity contribution in [3.8, 4) is 0 Å². The first-order chi connectivity index (χ1) is 7.74. The smallest absolute Gasteiger partial charge is 0.0595 e. The maximum absolute atomic E-state index is 5.93. The van der Waals surface area contributed by atoms with E-state index in [1.54, 1.807) is 0 Å². The van der Waals surface area contributed by atoms with E-state index in [0.29, 0.717) is 10.0 Å². The van der Waals surface area contributed by atoms with Crippen molar-refractivity contribution < 1.29 is 0 Å². The predicted molar refractivity (Wildman–Crippen MR) is 71.3 cm³/mol. The highest BCUT2D eigenvalue weighted by molar-refractivity contribution is 6.42. The Morgan fingerprint density at radius 3 is 2.56 bits per heavy atom. The van der Waals surface area contributed by atoms with Crippen molar-refractivity contribution >= 4 is 23.2 Å². The quantitative estimate of drug-likeness (QED) is 0.741. The lowest BCUT2D eigenvalue weighted by molar-refractivity contribution is 0.627. The molecule has 0 heterocycles. The van der Waals surface area contributed by atoms with Crippen molar-refractivity contribution in [2.45, 2.75) is 19.3 Å². The van der Waals surface area contributed by atoms with Crippen LogP contribution in [0.5, 0.6) is 0 Å². The number of nitrogens with two attached hydrogens (primary N) is 1. The van der Waals surface area contributed by atoms with E-state index in [0.717, 1.165) is 38.9 Å². The summed E-state index contributed by atoms with van der Waals surface area (Å²) in [6.07, 6.45) is 3.19. The molecule has 16 heavy (non-hydrogen) atoms. The van der Waals surface area contributed by atoms with Gasteiger partial charge < -0.3 is 11.1 Å². The van der Waals surface area contributed by atoms with E-state index >= 15 is 0 Å². The van der Waals surface area contributed by atoms with Crippen molar-refractivity contribution in [2.24, 2.45) is 5.73 Å². The summed E-state index contributed by atoms with van der Waals surface area (Å²) in [5.41, 5.74) is 6.62. The Morgan fingerprint density at radius 1 is 1.06 bits per heavy atom. The van der Waals surface area contributed by atoms with E-state index in [-0.39, 0.29) is 0 Å². The van der Waals surface area contributed by atoms with E-state index < -0.39 is 0 Å². The molecule has 2 nitrogen and oxygen atoms in total. The van der Waals surface area contributed by atoms with Gasteiger partial charge in [0, 0.05) is 0 Å². The number of rotatable bonds is 7. The molecule has 0 bridgehead atoms. The standard InChI is InChI=1S/C12H18Cl2N2/c13-11-4-3-10(9-12(11)14)5-8-16-7-2-1-6-15/h3-4,9,16H,1-2,5-8,15H2. The van der Waals surface area contributed by atoms with Crippen LogP contribution >= 0.6 is 23.2 Å². The van der Waals surface area contributed by atoms with Crippen LogP contribution in [0.1, 0.15) is 18.4 Å². The molecule has 0 aliphatic carbocycles. The SMILES string of the molecule is NCCCCNCCc1ccc(Cl)c(Cl)c1. The van der Waals surface area contributed by atoms with Crippen molar-refractivity contribution in [3.63, 3.8) is 0 Å². The van der Waals surface area contributed by atoms with Gasteiger partial charge >= 0.3 is 0 Å². The summed E-state index contributed by atoms with van der Waals surface area (Å²) in [4.78, 5) is 0. The molecule has 1 aromatic rings. The molecule has 0 aliphatic rings. The summed E-state index contributed by atoms with van der Waals surface area (Å²) >= 11 is 11.8. The van der Waals surface area contributed by atoms with Crippen LogP contribution in [0.15, 0.2) is 18.2 Å². The van der Waals surface area contributed by atoms with Gasteiger partial charge in [0.1, 0.15) is 0 Å². The monoisotopic (exact) mass is 260 g/mol. The topological polar surface area (TPSA) is 38.0 Å². The molecule has 0 fully saturated rings. The maximum Gasteiger partial charge on any atom is 0.0595 e. The maximum atomic E-state index is 5.93. The second-order valence-electron chi connectivity index (χ2n) is 3.74. The minimum Gasteiger partial charge on any atom is -0.330 e. The van der Waals surface area contributed by atoms with Crippen LogP contribution in [0.3, 0.4) is 0 Å². The Morgan fingerprint density at radius 2 is 1.88 bits per heavy atom. The van der Waals surface area contributed by atoms with Gasteiger partial charge in [0.05, 0.1) is 10.0 Å². The van der Waals surface area contributed by atoms with E-state index in [2.05, 4.69) is 5.32 Å². The largest absolute Gasteiger partial charge is 0.330 e. The van der Waals surface area contributed by atoms with E-state index in [1.807, 2.05) is 18.2 Å². The van der Waals surface area contributed by atoms with Gasteiger partial charge in [-0.25, -0.2) is 0 Å². The Balaban J connectivity index is 2.19. The fourth-order valence-electron chi connectivity index (χ4n) is 1.45. The summed E-state index contributed by atoms with van der Waals surface area (Å²) in [6.45, 7) is 2.76. The van der Waals surface area contributed by atoms with Crippen LogP contribution < -0.4 is 11.1 Å². The lowest BCUT2D eigenvalue weighted by Gasteiger charge is -2.05. The molecule has 90 valence electrons. The lowest BCUT2D eigenvalue weighted by atomic mass is 10.1. The average molecular weight is 261 g/mol. The molecular formula is C12H18Cl2N2. The third-order valence-electron chi connectivity index (χ3n) is 2.38. The van der Waals surface area contributed by atoms with E-state index in [1.165, 1.54) is 5.56 Å². The molecule has 0 unspecified atom stereocenters. The van der Waals surface area contributed by atoms with Gasteiger partial charge in [-0.05, 0) is 56.6 Å². The molecule has 3 N–H and O–H groups in total. The molecule has 1 aromatic carbocycles. The first-order valence-electron chi connectivity index (χ1n) is 5.58.